The second-order valence-corrected chi connectivity index (χ2v) is 3.90. The molecule has 0 spiro atoms. The number of nitrogens with one attached hydrogen (secondary N) is 2. The van der Waals surface area contributed by atoms with Gasteiger partial charge in [-0.15, -0.1) is 0 Å². The van der Waals surface area contributed by atoms with E-state index in [0.717, 1.165) is 6.42 Å². The van der Waals surface area contributed by atoms with E-state index >= 15 is 0 Å². The van der Waals surface area contributed by atoms with Crippen molar-refractivity contribution in [3.63, 3.8) is 0 Å². The zero-order valence-corrected chi connectivity index (χ0v) is 9.50. The summed E-state index contributed by atoms with van der Waals surface area (Å²) in [4.78, 5) is 21.9. The minimum absolute atomic E-state index is 0.194. The molecule has 0 aliphatic carbocycles. The molecule has 0 aliphatic rings. The molecule has 5 heteroatoms. The molecular formula is C10H19N2O3-. The first-order chi connectivity index (χ1) is 6.97. The zero-order valence-electron chi connectivity index (χ0n) is 9.50. The average molecular weight is 215 g/mol. The van der Waals surface area contributed by atoms with Crippen molar-refractivity contribution in [1.82, 2.24) is 10.6 Å². The summed E-state index contributed by atoms with van der Waals surface area (Å²) < 4.78 is 0. The Labute approximate surface area is 90.2 Å². The lowest BCUT2D eigenvalue weighted by atomic mass is 10.0. The summed E-state index contributed by atoms with van der Waals surface area (Å²) in [5.74, 6) is -1.05. The number of hydrogen-bond donors (Lipinski definition) is 2. The van der Waals surface area contributed by atoms with E-state index in [2.05, 4.69) is 10.6 Å². The van der Waals surface area contributed by atoms with Crippen LogP contribution in [0.4, 0.5) is 4.79 Å². The molecule has 0 saturated carbocycles. The lowest BCUT2D eigenvalue weighted by molar-refractivity contribution is -0.308. The van der Waals surface area contributed by atoms with Gasteiger partial charge in [0.1, 0.15) is 0 Å². The summed E-state index contributed by atoms with van der Waals surface area (Å²) in [5.41, 5.74) is 0. The Morgan fingerprint density at radius 1 is 1.33 bits per heavy atom. The molecule has 0 aliphatic heterocycles. The molecule has 0 unspecified atom stereocenters. The van der Waals surface area contributed by atoms with Crippen molar-refractivity contribution in [2.24, 2.45) is 5.92 Å². The van der Waals surface area contributed by atoms with Gasteiger partial charge in [0.15, 0.2) is 0 Å². The molecular weight excluding hydrogens is 196 g/mol. The molecule has 88 valence electrons. The van der Waals surface area contributed by atoms with Gasteiger partial charge >= 0.3 is 6.03 Å². The maximum atomic E-state index is 11.2. The van der Waals surface area contributed by atoms with Crippen LogP contribution in [0, 0.1) is 5.92 Å². The van der Waals surface area contributed by atoms with Crippen LogP contribution >= 0.6 is 0 Å². The fraction of sp³-hybridized carbons (Fsp3) is 0.800. The van der Waals surface area contributed by atoms with Crippen molar-refractivity contribution < 1.29 is 14.7 Å². The van der Waals surface area contributed by atoms with Gasteiger partial charge in [-0.05, 0) is 18.8 Å². The number of rotatable bonds is 6. The number of carboxylic acid groups (broad SMARTS) is 1. The SMILES string of the molecule is CCCNC(=O)N[C@@H](CC(C)C)C(=O)[O-]. The van der Waals surface area contributed by atoms with Crippen molar-refractivity contribution in [3.8, 4) is 0 Å². The van der Waals surface area contributed by atoms with Crippen molar-refractivity contribution in [2.75, 3.05) is 6.54 Å². The molecule has 15 heavy (non-hydrogen) atoms. The van der Waals surface area contributed by atoms with Crippen LogP contribution in [0.3, 0.4) is 0 Å². The third kappa shape index (κ3) is 6.76. The normalized spacial score (nSPS) is 12.3. The number of carbonyl (C=O) groups excluding carboxylic acids is 2. The van der Waals surface area contributed by atoms with Gasteiger partial charge in [-0.2, -0.15) is 0 Å². The summed E-state index contributed by atoms with van der Waals surface area (Å²) in [7, 11) is 0. The Morgan fingerprint density at radius 2 is 1.93 bits per heavy atom. The largest absolute Gasteiger partial charge is 0.548 e. The predicted molar refractivity (Wildman–Crippen MR) is 55.1 cm³/mol. The summed E-state index contributed by atoms with van der Waals surface area (Å²) >= 11 is 0. The van der Waals surface area contributed by atoms with E-state index in [0.29, 0.717) is 13.0 Å². The molecule has 0 saturated heterocycles. The quantitative estimate of drug-likeness (QED) is 0.647. The van der Waals surface area contributed by atoms with Gasteiger partial charge in [0, 0.05) is 6.54 Å². The highest BCUT2D eigenvalue weighted by molar-refractivity contribution is 5.81. The molecule has 0 bridgehead atoms. The molecule has 0 aromatic carbocycles. The Kier molecular flexibility index (Phi) is 6.49. The van der Waals surface area contributed by atoms with Crippen molar-refractivity contribution in [3.05, 3.63) is 0 Å². The highest BCUT2D eigenvalue weighted by atomic mass is 16.4. The Morgan fingerprint density at radius 3 is 2.33 bits per heavy atom. The lowest BCUT2D eigenvalue weighted by Crippen LogP contribution is -2.51. The van der Waals surface area contributed by atoms with Gasteiger partial charge in [0.05, 0.1) is 12.0 Å². The Hall–Kier alpha value is -1.26. The minimum Gasteiger partial charge on any atom is -0.548 e. The molecule has 0 fully saturated rings. The van der Waals surface area contributed by atoms with Crippen LogP contribution in [0.5, 0.6) is 0 Å². The fourth-order valence-electron chi connectivity index (χ4n) is 1.13. The molecule has 2 amide bonds. The lowest BCUT2D eigenvalue weighted by Gasteiger charge is -2.21. The summed E-state index contributed by atoms with van der Waals surface area (Å²) in [6, 6.07) is -1.37. The van der Waals surface area contributed by atoms with Gasteiger partial charge in [-0.1, -0.05) is 20.8 Å². The van der Waals surface area contributed by atoms with E-state index in [4.69, 9.17) is 0 Å². The first kappa shape index (κ1) is 13.7. The van der Waals surface area contributed by atoms with Crippen molar-refractivity contribution >= 4 is 12.0 Å². The molecule has 0 aromatic rings. The van der Waals surface area contributed by atoms with E-state index in [9.17, 15) is 14.7 Å². The maximum Gasteiger partial charge on any atom is 0.315 e. The summed E-state index contributed by atoms with van der Waals surface area (Å²) in [6.07, 6.45) is 1.19. The van der Waals surface area contributed by atoms with E-state index < -0.39 is 18.0 Å². The molecule has 0 aromatic heterocycles. The van der Waals surface area contributed by atoms with Crippen LogP contribution in [0.2, 0.25) is 0 Å². The third-order valence-corrected chi connectivity index (χ3v) is 1.83. The third-order valence-electron chi connectivity index (χ3n) is 1.83. The van der Waals surface area contributed by atoms with Crippen LogP contribution < -0.4 is 15.7 Å². The van der Waals surface area contributed by atoms with E-state index in [1.807, 2.05) is 20.8 Å². The molecule has 5 nitrogen and oxygen atoms in total. The Bertz CT molecular complexity index is 217. The van der Waals surface area contributed by atoms with Crippen LogP contribution in [0.15, 0.2) is 0 Å². The number of urea groups is 1. The smallest absolute Gasteiger partial charge is 0.315 e. The first-order valence-electron chi connectivity index (χ1n) is 5.22. The standard InChI is InChI=1S/C10H20N2O3/c1-4-5-11-10(15)12-8(9(13)14)6-7(2)3/h7-8H,4-6H2,1-3H3,(H,13,14)(H2,11,12,15)/p-1/t8-/m0/s1. The van der Waals surface area contributed by atoms with Gasteiger partial charge in [0.2, 0.25) is 0 Å². The van der Waals surface area contributed by atoms with Gasteiger partial charge in [-0.25, -0.2) is 4.79 Å². The van der Waals surface area contributed by atoms with E-state index in [1.165, 1.54) is 0 Å². The van der Waals surface area contributed by atoms with Crippen molar-refractivity contribution in [2.45, 2.75) is 39.7 Å². The van der Waals surface area contributed by atoms with Crippen LogP contribution in [0.1, 0.15) is 33.6 Å². The topological polar surface area (TPSA) is 81.3 Å². The number of hydrogen-bond acceptors (Lipinski definition) is 3. The van der Waals surface area contributed by atoms with Crippen LogP contribution in [0.25, 0.3) is 0 Å². The van der Waals surface area contributed by atoms with Crippen LogP contribution in [-0.2, 0) is 4.79 Å². The monoisotopic (exact) mass is 215 g/mol. The highest BCUT2D eigenvalue weighted by Gasteiger charge is 2.14. The number of amides is 2. The second-order valence-electron chi connectivity index (χ2n) is 3.90. The minimum atomic E-state index is -1.24. The highest BCUT2D eigenvalue weighted by Crippen LogP contribution is 2.03. The summed E-state index contributed by atoms with van der Waals surface area (Å²) in [5, 5.41) is 15.6. The first-order valence-corrected chi connectivity index (χ1v) is 5.22. The average Bonchev–Trinajstić information content (AvgIpc) is 2.12. The van der Waals surface area contributed by atoms with E-state index in [1.54, 1.807) is 0 Å². The van der Waals surface area contributed by atoms with Crippen LogP contribution in [-0.4, -0.2) is 24.6 Å². The van der Waals surface area contributed by atoms with Crippen molar-refractivity contribution in [1.29, 1.82) is 0 Å². The van der Waals surface area contributed by atoms with Gasteiger partial charge in [-0.3, -0.25) is 0 Å². The van der Waals surface area contributed by atoms with Gasteiger partial charge in [0.25, 0.3) is 0 Å². The van der Waals surface area contributed by atoms with E-state index in [-0.39, 0.29) is 5.92 Å². The molecule has 2 N–H and O–H groups in total. The molecule has 0 heterocycles. The maximum absolute atomic E-state index is 11.2. The second kappa shape index (κ2) is 7.09. The summed E-state index contributed by atoms with van der Waals surface area (Å²) in [6.45, 7) is 6.24. The van der Waals surface area contributed by atoms with Gasteiger partial charge < -0.3 is 20.5 Å². The number of carbonyl (C=O) groups is 2. The number of carboxylic acids is 1. The molecule has 0 rings (SSSR count). The fourth-order valence-corrected chi connectivity index (χ4v) is 1.13. The zero-order chi connectivity index (χ0) is 11.8. The molecule has 0 radical (unpaired) electrons. The Balaban J connectivity index is 4.05. The molecule has 1 atom stereocenters. The predicted octanol–water partition coefficient (Wildman–Crippen LogP) is -0.140. The number of aliphatic carboxylic acids is 1.